The highest BCUT2D eigenvalue weighted by Crippen LogP contribution is 2.30. The van der Waals surface area contributed by atoms with E-state index in [0.29, 0.717) is 5.92 Å². The van der Waals surface area contributed by atoms with E-state index in [1.54, 1.807) is 0 Å². The SMILES string of the molecule is C[Si]1(C)CCC(C=O)CC1. The maximum atomic E-state index is 10.4. The first kappa shape index (κ1) is 7.99. The third-order valence-corrected chi connectivity index (χ3v) is 5.86. The normalized spacial score (nSPS) is 26.2. The lowest BCUT2D eigenvalue weighted by Gasteiger charge is -2.29. The molecule has 0 saturated carbocycles. The molecule has 0 aromatic carbocycles. The smallest absolute Gasteiger partial charge is 0.123 e. The average molecular weight is 156 g/mol. The number of carbonyl (C=O) groups is 1. The maximum Gasteiger partial charge on any atom is 0.123 e. The molecule has 1 aliphatic rings. The topological polar surface area (TPSA) is 17.1 Å². The van der Waals surface area contributed by atoms with E-state index < -0.39 is 8.07 Å². The van der Waals surface area contributed by atoms with E-state index in [-0.39, 0.29) is 0 Å². The minimum Gasteiger partial charge on any atom is -0.303 e. The molecule has 0 unspecified atom stereocenters. The van der Waals surface area contributed by atoms with Gasteiger partial charge in [0.05, 0.1) is 0 Å². The summed E-state index contributed by atoms with van der Waals surface area (Å²) in [5.41, 5.74) is 0. The number of carbonyl (C=O) groups excluding carboxylic acids is 1. The zero-order chi connectivity index (χ0) is 7.61. The highest BCUT2D eigenvalue weighted by atomic mass is 28.3. The van der Waals surface area contributed by atoms with Crippen molar-refractivity contribution in [1.29, 1.82) is 0 Å². The van der Waals surface area contributed by atoms with Crippen molar-refractivity contribution in [2.75, 3.05) is 0 Å². The second-order valence-electron chi connectivity index (χ2n) is 4.14. The van der Waals surface area contributed by atoms with E-state index in [1.165, 1.54) is 24.9 Å². The molecule has 1 rings (SSSR count). The van der Waals surface area contributed by atoms with Crippen molar-refractivity contribution < 1.29 is 4.79 Å². The molecule has 0 bridgehead atoms. The standard InChI is InChI=1S/C8H16OSi/c1-10(2)5-3-8(7-9)4-6-10/h7-8H,3-6H2,1-2H3. The monoisotopic (exact) mass is 156 g/mol. The molecular weight excluding hydrogens is 140 g/mol. The summed E-state index contributed by atoms with van der Waals surface area (Å²) in [7, 11) is -0.807. The van der Waals surface area contributed by atoms with Crippen LogP contribution in [0.2, 0.25) is 25.2 Å². The summed E-state index contributed by atoms with van der Waals surface area (Å²) < 4.78 is 0. The third kappa shape index (κ3) is 1.94. The lowest BCUT2D eigenvalue weighted by Crippen LogP contribution is -2.31. The first-order chi connectivity index (χ1) is 4.64. The Morgan fingerprint density at radius 1 is 1.30 bits per heavy atom. The predicted octanol–water partition coefficient (Wildman–Crippen LogP) is 2.30. The van der Waals surface area contributed by atoms with Gasteiger partial charge in [-0.15, -0.1) is 0 Å². The van der Waals surface area contributed by atoms with Crippen LogP contribution >= 0.6 is 0 Å². The van der Waals surface area contributed by atoms with E-state index >= 15 is 0 Å². The summed E-state index contributed by atoms with van der Waals surface area (Å²) >= 11 is 0. The van der Waals surface area contributed by atoms with Crippen LogP contribution in [-0.4, -0.2) is 14.4 Å². The molecular formula is C8H16OSi. The molecule has 0 amide bonds. The molecule has 1 nitrogen and oxygen atoms in total. The predicted molar refractivity (Wildman–Crippen MR) is 45.9 cm³/mol. The molecule has 1 saturated heterocycles. The maximum absolute atomic E-state index is 10.4. The van der Waals surface area contributed by atoms with E-state index in [0.717, 1.165) is 6.29 Å². The second-order valence-corrected chi connectivity index (χ2v) is 9.47. The van der Waals surface area contributed by atoms with Crippen LogP contribution in [0.4, 0.5) is 0 Å². The zero-order valence-corrected chi connectivity index (χ0v) is 7.89. The molecule has 1 aliphatic heterocycles. The van der Waals surface area contributed by atoms with Gasteiger partial charge in [0.25, 0.3) is 0 Å². The molecule has 0 aromatic rings. The van der Waals surface area contributed by atoms with Gasteiger partial charge >= 0.3 is 0 Å². The highest BCUT2D eigenvalue weighted by molar-refractivity contribution is 6.77. The minimum absolute atomic E-state index is 0.403. The number of rotatable bonds is 1. The van der Waals surface area contributed by atoms with Crippen molar-refractivity contribution in [3.63, 3.8) is 0 Å². The first-order valence-electron chi connectivity index (χ1n) is 4.09. The van der Waals surface area contributed by atoms with Gasteiger partial charge in [0.15, 0.2) is 0 Å². The van der Waals surface area contributed by atoms with Crippen molar-refractivity contribution in [3.8, 4) is 0 Å². The lowest BCUT2D eigenvalue weighted by atomic mass is 10.1. The number of aldehydes is 1. The highest BCUT2D eigenvalue weighted by Gasteiger charge is 2.27. The number of hydrogen-bond donors (Lipinski definition) is 0. The van der Waals surface area contributed by atoms with E-state index in [4.69, 9.17) is 0 Å². The number of hydrogen-bond acceptors (Lipinski definition) is 1. The molecule has 1 heterocycles. The fourth-order valence-electron chi connectivity index (χ4n) is 1.56. The zero-order valence-electron chi connectivity index (χ0n) is 6.89. The second kappa shape index (κ2) is 2.87. The van der Waals surface area contributed by atoms with E-state index in [1.807, 2.05) is 0 Å². The van der Waals surface area contributed by atoms with Crippen molar-refractivity contribution in [1.82, 2.24) is 0 Å². The Kier molecular flexibility index (Phi) is 2.29. The van der Waals surface area contributed by atoms with Gasteiger partial charge in [0.2, 0.25) is 0 Å². The summed E-state index contributed by atoms with van der Waals surface area (Å²) in [6, 6.07) is 2.72. The molecule has 0 spiro atoms. The fraction of sp³-hybridized carbons (Fsp3) is 0.875. The largest absolute Gasteiger partial charge is 0.303 e. The molecule has 0 aliphatic carbocycles. The summed E-state index contributed by atoms with van der Waals surface area (Å²) in [4.78, 5) is 10.4. The van der Waals surface area contributed by atoms with Crippen LogP contribution in [0.1, 0.15) is 12.8 Å². The molecule has 58 valence electrons. The van der Waals surface area contributed by atoms with Gasteiger partial charge in [-0.05, 0) is 12.8 Å². The van der Waals surface area contributed by atoms with Gasteiger partial charge in [0, 0.05) is 14.0 Å². The molecule has 2 heteroatoms. The molecule has 1 fully saturated rings. The van der Waals surface area contributed by atoms with Gasteiger partial charge in [0.1, 0.15) is 6.29 Å². The van der Waals surface area contributed by atoms with Gasteiger partial charge in [-0.1, -0.05) is 25.2 Å². The van der Waals surface area contributed by atoms with Crippen LogP contribution in [0.5, 0.6) is 0 Å². The van der Waals surface area contributed by atoms with Crippen LogP contribution in [0.25, 0.3) is 0 Å². The van der Waals surface area contributed by atoms with Crippen LogP contribution in [0.3, 0.4) is 0 Å². The molecule has 0 N–H and O–H groups in total. The molecule has 0 aromatic heterocycles. The van der Waals surface area contributed by atoms with Gasteiger partial charge in [-0.2, -0.15) is 0 Å². The molecule has 0 radical (unpaired) electrons. The van der Waals surface area contributed by atoms with Crippen LogP contribution in [0, 0.1) is 5.92 Å². The van der Waals surface area contributed by atoms with Crippen molar-refractivity contribution >= 4 is 14.4 Å². The summed E-state index contributed by atoms with van der Waals surface area (Å²) in [6.45, 7) is 4.85. The van der Waals surface area contributed by atoms with Crippen molar-refractivity contribution in [3.05, 3.63) is 0 Å². The van der Waals surface area contributed by atoms with Crippen LogP contribution < -0.4 is 0 Å². The summed E-state index contributed by atoms with van der Waals surface area (Å²) in [5, 5.41) is 0. The average Bonchev–Trinajstić information content (AvgIpc) is 1.88. The fourth-order valence-corrected chi connectivity index (χ4v) is 4.11. The van der Waals surface area contributed by atoms with E-state index in [9.17, 15) is 4.79 Å². The van der Waals surface area contributed by atoms with E-state index in [2.05, 4.69) is 13.1 Å². The summed E-state index contributed by atoms with van der Waals surface area (Å²) in [6.07, 6.45) is 3.48. The molecule has 10 heavy (non-hydrogen) atoms. The Hall–Kier alpha value is -0.113. The van der Waals surface area contributed by atoms with Crippen molar-refractivity contribution in [2.45, 2.75) is 38.0 Å². The van der Waals surface area contributed by atoms with Gasteiger partial charge in [-0.3, -0.25) is 0 Å². The Balaban J connectivity index is 2.38. The quantitative estimate of drug-likeness (QED) is 0.420. The van der Waals surface area contributed by atoms with Crippen molar-refractivity contribution in [2.24, 2.45) is 5.92 Å². The Morgan fingerprint density at radius 3 is 2.20 bits per heavy atom. The molecule has 0 atom stereocenters. The Morgan fingerprint density at radius 2 is 1.80 bits per heavy atom. The third-order valence-electron chi connectivity index (χ3n) is 2.58. The first-order valence-corrected chi connectivity index (χ1v) is 7.51. The summed E-state index contributed by atoms with van der Waals surface area (Å²) in [5.74, 6) is 0.403. The van der Waals surface area contributed by atoms with Gasteiger partial charge in [-0.25, -0.2) is 0 Å². The van der Waals surface area contributed by atoms with Crippen LogP contribution in [0.15, 0.2) is 0 Å². The minimum atomic E-state index is -0.807. The lowest BCUT2D eigenvalue weighted by molar-refractivity contribution is -0.111. The Labute approximate surface area is 63.8 Å². The Bertz CT molecular complexity index is 121. The van der Waals surface area contributed by atoms with Gasteiger partial charge < -0.3 is 4.79 Å². The van der Waals surface area contributed by atoms with Crippen LogP contribution in [-0.2, 0) is 4.79 Å².